The Morgan fingerprint density at radius 3 is 2.59 bits per heavy atom. The van der Waals surface area contributed by atoms with E-state index < -0.39 is 10.0 Å². The maximum absolute atomic E-state index is 11.6. The highest BCUT2D eigenvalue weighted by molar-refractivity contribution is 7.89. The van der Waals surface area contributed by atoms with Gasteiger partial charge in [0.25, 0.3) is 0 Å². The summed E-state index contributed by atoms with van der Waals surface area (Å²) in [5.41, 5.74) is 3.40. The number of benzene rings is 2. The topological polar surface area (TPSA) is 114 Å². The number of hydrazone groups is 1. The molecule has 29 heavy (non-hydrogen) atoms. The predicted molar refractivity (Wildman–Crippen MR) is 110 cm³/mol. The third-order valence-electron chi connectivity index (χ3n) is 4.88. The summed E-state index contributed by atoms with van der Waals surface area (Å²) in [4.78, 5) is 0.0491. The standard InChI is InChI=1S/C20H21N5O3S/c1-2-24-13-15(12-22-24)20-11-19(14-4-3-5-17(26)10-14)23-25(20)16-6-8-18(9-7-16)29(21,27)28/h3-10,12-13,20,26H,2,11H2,1H3,(H2,21,27,28)/t20-/m1/s1. The van der Waals surface area contributed by atoms with Crippen molar-refractivity contribution in [2.45, 2.75) is 30.8 Å². The quantitative estimate of drug-likeness (QED) is 0.670. The number of hydrogen-bond acceptors (Lipinski definition) is 6. The van der Waals surface area contributed by atoms with E-state index >= 15 is 0 Å². The number of rotatable bonds is 5. The minimum Gasteiger partial charge on any atom is -0.508 e. The summed E-state index contributed by atoms with van der Waals surface area (Å²) in [6, 6.07) is 13.2. The normalized spacial score (nSPS) is 16.8. The van der Waals surface area contributed by atoms with Gasteiger partial charge < -0.3 is 5.11 Å². The average Bonchev–Trinajstić information content (AvgIpc) is 3.34. The number of aromatic hydroxyl groups is 1. The lowest BCUT2D eigenvalue weighted by Gasteiger charge is -2.22. The second kappa shape index (κ2) is 7.34. The van der Waals surface area contributed by atoms with Gasteiger partial charge in [0.1, 0.15) is 5.75 Å². The van der Waals surface area contributed by atoms with Crippen LogP contribution in [0, 0.1) is 0 Å². The Bertz CT molecular complexity index is 1170. The van der Waals surface area contributed by atoms with Crippen LogP contribution in [0.4, 0.5) is 5.69 Å². The van der Waals surface area contributed by atoms with Crippen molar-refractivity contribution in [1.82, 2.24) is 9.78 Å². The summed E-state index contributed by atoms with van der Waals surface area (Å²) in [6.07, 6.45) is 4.42. The van der Waals surface area contributed by atoms with Crippen LogP contribution in [0.2, 0.25) is 0 Å². The first-order valence-electron chi connectivity index (χ1n) is 9.16. The minimum absolute atomic E-state index is 0.0491. The minimum atomic E-state index is -3.76. The van der Waals surface area contributed by atoms with Crippen molar-refractivity contribution in [2.24, 2.45) is 10.2 Å². The van der Waals surface area contributed by atoms with Gasteiger partial charge in [-0.25, -0.2) is 13.6 Å². The molecule has 4 rings (SSSR count). The molecular formula is C20H21N5O3S. The molecule has 9 heteroatoms. The first-order valence-corrected chi connectivity index (χ1v) is 10.7. The van der Waals surface area contributed by atoms with Gasteiger partial charge >= 0.3 is 0 Å². The third-order valence-corrected chi connectivity index (χ3v) is 5.81. The Morgan fingerprint density at radius 1 is 1.21 bits per heavy atom. The molecule has 2 aromatic carbocycles. The zero-order chi connectivity index (χ0) is 20.6. The second-order valence-electron chi connectivity index (χ2n) is 6.83. The number of primary sulfonamides is 1. The van der Waals surface area contributed by atoms with Gasteiger partial charge in [0.2, 0.25) is 10.0 Å². The van der Waals surface area contributed by atoms with Crippen LogP contribution in [0.15, 0.2) is 70.9 Å². The van der Waals surface area contributed by atoms with E-state index in [4.69, 9.17) is 10.2 Å². The highest BCUT2D eigenvalue weighted by Crippen LogP contribution is 2.37. The summed E-state index contributed by atoms with van der Waals surface area (Å²) in [5.74, 6) is 0.177. The molecular weight excluding hydrogens is 390 g/mol. The van der Waals surface area contributed by atoms with Gasteiger partial charge in [0, 0.05) is 30.3 Å². The van der Waals surface area contributed by atoms with Crippen molar-refractivity contribution >= 4 is 21.4 Å². The molecule has 0 aliphatic carbocycles. The largest absolute Gasteiger partial charge is 0.508 e. The second-order valence-corrected chi connectivity index (χ2v) is 8.39. The van der Waals surface area contributed by atoms with Crippen molar-refractivity contribution in [3.05, 3.63) is 72.1 Å². The molecule has 0 amide bonds. The van der Waals surface area contributed by atoms with Gasteiger partial charge in [0.05, 0.1) is 28.5 Å². The fraction of sp³-hybridized carbons (Fsp3) is 0.200. The van der Waals surface area contributed by atoms with Crippen LogP contribution in [0.5, 0.6) is 5.75 Å². The number of aromatic nitrogens is 2. The molecule has 0 radical (unpaired) electrons. The van der Waals surface area contributed by atoms with Gasteiger partial charge in [-0.2, -0.15) is 10.2 Å². The molecule has 8 nitrogen and oxygen atoms in total. The number of phenolic OH excluding ortho intramolecular Hbond substituents is 1. The van der Waals surface area contributed by atoms with Crippen LogP contribution < -0.4 is 10.1 Å². The Labute approximate surface area is 168 Å². The van der Waals surface area contributed by atoms with Crippen molar-refractivity contribution in [3.8, 4) is 5.75 Å². The highest BCUT2D eigenvalue weighted by atomic mass is 32.2. The van der Waals surface area contributed by atoms with E-state index in [-0.39, 0.29) is 16.7 Å². The van der Waals surface area contributed by atoms with E-state index in [1.54, 1.807) is 30.3 Å². The van der Waals surface area contributed by atoms with Gasteiger partial charge in [-0.1, -0.05) is 12.1 Å². The molecule has 2 heterocycles. The average molecular weight is 411 g/mol. The monoisotopic (exact) mass is 411 g/mol. The van der Waals surface area contributed by atoms with E-state index in [1.165, 1.54) is 12.1 Å². The molecule has 0 saturated heterocycles. The molecule has 0 unspecified atom stereocenters. The van der Waals surface area contributed by atoms with Crippen LogP contribution in [-0.2, 0) is 16.6 Å². The Balaban J connectivity index is 1.74. The first-order chi connectivity index (χ1) is 13.8. The molecule has 1 aromatic heterocycles. The fourth-order valence-electron chi connectivity index (χ4n) is 3.38. The lowest BCUT2D eigenvalue weighted by molar-refractivity contribution is 0.475. The Hall–Kier alpha value is -3.17. The number of sulfonamides is 1. The lowest BCUT2D eigenvalue weighted by Crippen LogP contribution is -2.18. The summed E-state index contributed by atoms with van der Waals surface area (Å²) in [5, 5.41) is 26.0. The first kappa shape index (κ1) is 19.2. The summed E-state index contributed by atoms with van der Waals surface area (Å²) in [6.45, 7) is 2.78. The number of nitrogens with zero attached hydrogens (tertiary/aromatic N) is 4. The zero-order valence-corrected chi connectivity index (χ0v) is 16.6. The lowest BCUT2D eigenvalue weighted by atomic mass is 10.0. The van der Waals surface area contributed by atoms with Crippen molar-refractivity contribution in [1.29, 1.82) is 0 Å². The van der Waals surface area contributed by atoms with Crippen molar-refractivity contribution < 1.29 is 13.5 Å². The SMILES string of the molecule is CCn1cc([C@H]2CC(c3cccc(O)c3)=NN2c2ccc(S(N)(=O)=O)cc2)cn1. The zero-order valence-electron chi connectivity index (χ0n) is 15.8. The molecule has 0 fully saturated rings. The van der Waals surface area contributed by atoms with Gasteiger partial charge in [0.15, 0.2) is 0 Å². The van der Waals surface area contributed by atoms with Gasteiger partial charge in [-0.3, -0.25) is 9.69 Å². The molecule has 1 aliphatic heterocycles. The van der Waals surface area contributed by atoms with Crippen LogP contribution >= 0.6 is 0 Å². The van der Waals surface area contributed by atoms with Crippen LogP contribution in [0.3, 0.4) is 0 Å². The molecule has 1 atom stereocenters. The number of nitrogens with two attached hydrogens (primary N) is 1. The van der Waals surface area contributed by atoms with E-state index in [1.807, 2.05) is 35.1 Å². The molecule has 3 N–H and O–H groups in total. The van der Waals surface area contributed by atoms with Crippen molar-refractivity contribution in [2.75, 3.05) is 5.01 Å². The van der Waals surface area contributed by atoms with E-state index in [0.29, 0.717) is 6.42 Å². The molecule has 0 bridgehead atoms. The van der Waals surface area contributed by atoms with Crippen LogP contribution in [-0.4, -0.2) is 29.0 Å². The van der Waals surface area contributed by atoms with E-state index in [0.717, 1.165) is 29.1 Å². The highest BCUT2D eigenvalue weighted by Gasteiger charge is 2.31. The Morgan fingerprint density at radius 2 is 1.97 bits per heavy atom. The van der Waals surface area contributed by atoms with Gasteiger partial charge in [-0.05, 0) is 43.3 Å². The molecule has 150 valence electrons. The summed E-state index contributed by atoms with van der Waals surface area (Å²) >= 11 is 0. The number of phenols is 1. The van der Waals surface area contributed by atoms with Crippen molar-refractivity contribution in [3.63, 3.8) is 0 Å². The molecule has 3 aromatic rings. The Kier molecular flexibility index (Phi) is 4.85. The summed E-state index contributed by atoms with van der Waals surface area (Å²) in [7, 11) is -3.76. The molecule has 0 spiro atoms. The van der Waals surface area contributed by atoms with Crippen LogP contribution in [0.25, 0.3) is 0 Å². The number of anilines is 1. The molecule has 0 saturated carbocycles. The maximum atomic E-state index is 11.6. The van der Waals surface area contributed by atoms with E-state index in [2.05, 4.69) is 5.10 Å². The van der Waals surface area contributed by atoms with E-state index in [9.17, 15) is 13.5 Å². The number of aryl methyl sites for hydroxylation is 1. The number of hydrogen-bond donors (Lipinski definition) is 2. The third kappa shape index (κ3) is 3.87. The predicted octanol–water partition coefficient (Wildman–Crippen LogP) is 2.61. The van der Waals surface area contributed by atoms with Crippen LogP contribution in [0.1, 0.15) is 30.5 Å². The van der Waals surface area contributed by atoms with Gasteiger partial charge in [-0.15, -0.1) is 0 Å². The summed E-state index contributed by atoms with van der Waals surface area (Å²) < 4.78 is 25.0. The smallest absolute Gasteiger partial charge is 0.238 e. The molecule has 1 aliphatic rings. The fourth-order valence-corrected chi connectivity index (χ4v) is 3.90. The maximum Gasteiger partial charge on any atom is 0.238 e.